The van der Waals surface area contributed by atoms with Crippen LogP contribution in [0.1, 0.15) is 33.5 Å². The van der Waals surface area contributed by atoms with Gasteiger partial charge in [-0.1, -0.05) is 20.8 Å². The van der Waals surface area contributed by atoms with E-state index in [2.05, 4.69) is 72.1 Å². The van der Waals surface area contributed by atoms with E-state index in [-0.39, 0.29) is 29.4 Å². The van der Waals surface area contributed by atoms with Crippen molar-refractivity contribution < 1.29 is 0 Å². The topological polar surface area (TPSA) is 70.4 Å². The SMILES string of the molecule is CCNC(=NCC(C)(C)CN(C)C)NCCn1cnnc1CC.I. The molecule has 7 nitrogen and oxygen atoms in total. The Kier molecular flexibility index (Phi) is 11.2. The highest BCUT2D eigenvalue weighted by atomic mass is 127. The summed E-state index contributed by atoms with van der Waals surface area (Å²) in [4.78, 5) is 6.93. The van der Waals surface area contributed by atoms with E-state index in [4.69, 9.17) is 4.99 Å². The molecular formula is C16H34IN7. The third-order valence-electron chi connectivity index (χ3n) is 3.41. The molecule has 24 heavy (non-hydrogen) atoms. The average Bonchev–Trinajstić information content (AvgIpc) is 2.91. The van der Waals surface area contributed by atoms with Gasteiger partial charge in [0.05, 0.1) is 0 Å². The molecule has 0 spiro atoms. The first-order valence-corrected chi connectivity index (χ1v) is 8.41. The lowest BCUT2D eigenvalue weighted by molar-refractivity contribution is 0.248. The van der Waals surface area contributed by atoms with Gasteiger partial charge in [-0.25, -0.2) is 0 Å². The molecule has 0 saturated carbocycles. The molecule has 2 N–H and O–H groups in total. The highest BCUT2D eigenvalue weighted by Crippen LogP contribution is 2.15. The number of hydrogen-bond donors (Lipinski definition) is 2. The number of halogens is 1. The molecule has 0 unspecified atom stereocenters. The van der Waals surface area contributed by atoms with Crippen LogP contribution in [0.3, 0.4) is 0 Å². The summed E-state index contributed by atoms with van der Waals surface area (Å²) in [7, 11) is 4.19. The maximum absolute atomic E-state index is 4.73. The van der Waals surface area contributed by atoms with E-state index in [1.165, 1.54) is 0 Å². The molecule has 0 aromatic carbocycles. The second-order valence-electron chi connectivity index (χ2n) is 6.82. The summed E-state index contributed by atoms with van der Waals surface area (Å²) in [6.45, 7) is 12.9. The minimum atomic E-state index is 0. The normalized spacial score (nSPS) is 12.2. The largest absolute Gasteiger partial charge is 0.357 e. The van der Waals surface area contributed by atoms with E-state index in [1.54, 1.807) is 6.33 Å². The fourth-order valence-electron chi connectivity index (χ4n) is 2.58. The van der Waals surface area contributed by atoms with Crippen LogP contribution in [0.25, 0.3) is 0 Å². The van der Waals surface area contributed by atoms with Crippen LogP contribution in [-0.2, 0) is 13.0 Å². The van der Waals surface area contributed by atoms with Crippen molar-refractivity contribution >= 4 is 29.9 Å². The molecular weight excluding hydrogens is 417 g/mol. The van der Waals surface area contributed by atoms with E-state index in [1.807, 2.05) is 0 Å². The Hall–Kier alpha value is -0.900. The van der Waals surface area contributed by atoms with E-state index in [9.17, 15) is 0 Å². The predicted molar refractivity (Wildman–Crippen MR) is 111 cm³/mol. The summed E-state index contributed by atoms with van der Waals surface area (Å²) >= 11 is 0. The number of guanidine groups is 1. The number of rotatable bonds is 9. The van der Waals surface area contributed by atoms with E-state index in [0.717, 1.165) is 50.9 Å². The molecule has 0 bridgehead atoms. The van der Waals surface area contributed by atoms with Crippen LogP contribution in [0.15, 0.2) is 11.3 Å². The first kappa shape index (κ1) is 23.1. The molecule has 0 amide bonds. The van der Waals surface area contributed by atoms with Gasteiger partial charge in [-0.3, -0.25) is 4.99 Å². The van der Waals surface area contributed by atoms with E-state index in [0.29, 0.717) is 0 Å². The molecule has 1 aromatic heterocycles. The zero-order valence-corrected chi connectivity index (χ0v) is 18.3. The molecule has 8 heteroatoms. The first-order valence-electron chi connectivity index (χ1n) is 8.41. The van der Waals surface area contributed by atoms with Crippen molar-refractivity contribution in [2.24, 2.45) is 10.4 Å². The first-order chi connectivity index (χ1) is 10.9. The minimum absolute atomic E-state index is 0. The second kappa shape index (κ2) is 11.6. The monoisotopic (exact) mass is 451 g/mol. The van der Waals surface area contributed by atoms with E-state index >= 15 is 0 Å². The van der Waals surface area contributed by atoms with Crippen molar-refractivity contribution in [3.05, 3.63) is 12.2 Å². The fourth-order valence-corrected chi connectivity index (χ4v) is 2.58. The lowest BCUT2D eigenvalue weighted by Crippen LogP contribution is -2.40. The summed E-state index contributed by atoms with van der Waals surface area (Å²) in [6.07, 6.45) is 2.68. The van der Waals surface area contributed by atoms with Gasteiger partial charge in [0.25, 0.3) is 0 Å². The number of nitrogens with zero attached hydrogens (tertiary/aromatic N) is 5. The second-order valence-corrected chi connectivity index (χ2v) is 6.82. The van der Waals surface area contributed by atoms with Crippen LogP contribution in [-0.4, -0.2) is 65.9 Å². The minimum Gasteiger partial charge on any atom is -0.357 e. The summed E-state index contributed by atoms with van der Waals surface area (Å²) in [5.74, 6) is 1.88. The highest BCUT2D eigenvalue weighted by molar-refractivity contribution is 14.0. The molecule has 1 heterocycles. The van der Waals surface area contributed by atoms with Crippen LogP contribution < -0.4 is 10.6 Å². The molecule has 0 fully saturated rings. The fraction of sp³-hybridized carbons (Fsp3) is 0.812. The highest BCUT2D eigenvalue weighted by Gasteiger charge is 2.18. The molecule has 140 valence electrons. The van der Waals surface area contributed by atoms with Crippen molar-refractivity contribution in [3.63, 3.8) is 0 Å². The number of aliphatic imine (C=N–C) groups is 1. The van der Waals surface area contributed by atoms with Crippen molar-refractivity contribution in [1.82, 2.24) is 30.3 Å². The average molecular weight is 451 g/mol. The predicted octanol–water partition coefficient (Wildman–Crippen LogP) is 1.60. The zero-order chi connectivity index (χ0) is 17.3. The van der Waals surface area contributed by atoms with Gasteiger partial charge in [-0.2, -0.15) is 0 Å². The van der Waals surface area contributed by atoms with Gasteiger partial charge in [0.1, 0.15) is 12.2 Å². The molecule has 0 radical (unpaired) electrons. The van der Waals surface area contributed by atoms with Crippen molar-refractivity contribution in [2.75, 3.05) is 40.3 Å². The van der Waals surface area contributed by atoms with E-state index < -0.39 is 0 Å². The smallest absolute Gasteiger partial charge is 0.191 e. The molecule has 0 saturated heterocycles. The molecule has 0 aliphatic heterocycles. The van der Waals surface area contributed by atoms with Crippen molar-refractivity contribution in [1.29, 1.82) is 0 Å². The standard InChI is InChI=1S/C16H33N7.HI/c1-7-14-21-20-13-23(14)10-9-18-15(17-8-2)19-11-16(3,4)12-22(5)6;/h13H,7-12H2,1-6H3,(H2,17,18,19);1H. The Morgan fingerprint density at radius 1 is 1.29 bits per heavy atom. The Bertz CT molecular complexity index is 483. The van der Waals surface area contributed by atoms with Gasteiger partial charge in [-0.15, -0.1) is 34.2 Å². The van der Waals surface area contributed by atoms with Gasteiger partial charge >= 0.3 is 0 Å². The number of aromatic nitrogens is 3. The van der Waals surface area contributed by atoms with Crippen LogP contribution in [0, 0.1) is 5.41 Å². The van der Waals surface area contributed by atoms with Gasteiger partial charge < -0.3 is 20.1 Å². The van der Waals surface area contributed by atoms with Gasteiger partial charge in [0, 0.05) is 39.1 Å². The summed E-state index contributed by atoms with van der Waals surface area (Å²) in [5.41, 5.74) is 0.148. The molecule has 1 aromatic rings. The molecule has 0 aliphatic carbocycles. The number of nitrogens with one attached hydrogen (secondary N) is 2. The zero-order valence-electron chi connectivity index (χ0n) is 16.0. The van der Waals surface area contributed by atoms with Crippen LogP contribution in [0.2, 0.25) is 0 Å². The Morgan fingerprint density at radius 2 is 2.00 bits per heavy atom. The third kappa shape index (κ3) is 8.81. The van der Waals surface area contributed by atoms with Crippen LogP contribution >= 0.6 is 24.0 Å². The maximum Gasteiger partial charge on any atom is 0.191 e. The van der Waals surface area contributed by atoms with Gasteiger partial charge in [0.15, 0.2) is 5.96 Å². The summed E-state index contributed by atoms with van der Waals surface area (Å²) < 4.78 is 2.08. The van der Waals surface area contributed by atoms with Crippen molar-refractivity contribution in [2.45, 2.75) is 40.7 Å². The van der Waals surface area contributed by atoms with Crippen LogP contribution in [0.4, 0.5) is 0 Å². The summed E-state index contributed by atoms with van der Waals surface area (Å²) in [5, 5.41) is 14.7. The van der Waals surface area contributed by atoms with Crippen LogP contribution in [0.5, 0.6) is 0 Å². The lowest BCUT2D eigenvalue weighted by Gasteiger charge is -2.26. The lowest BCUT2D eigenvalue weighted by atomic mass is 9.93. The Morgan fingerprint density at radius 3 is 2.58 bits per heavy atom. The third-order valence-corrected chi connectivity index (χ3v) is 3.41. The molecule has 1 rings (SSSR count). The Labute approximate surface area is 163 Å². The quantitative estimate of drug-likeness (QED) is 0.339. The number of hydrogen-bond acceptors (Lipinski definition) is 4. The Balaban J connectivity index is 0.00000529. The maximum atomic E-state index is 4.73. The van der Waals surface area contributed by atoms with Crippen molar-refractivity contribution in [3.8, 4) is 0 Å². The molecule has 0 aliphatic rings. The summed E-state index contributed by atoms with van der Waals surface area (Å²) in [6, 6.07) is 0. The molecule has 0 atom stereocenters. The van der Waals surface area contributed by atoms with Gasteiger partial charge in [0.2, 0.25) is 0 Å². The van der Waals surface area contributed by atoms with Gasteiger partial charge in [-0.05, 0) is 26.4 Å². The number of aryl methyl sites for hydroxylation is 1.